The van der Waals surface area contributed by atoms with Gasteiger partial charge in [0.05, 0.1) is 25.8 Å². The fourth-order valence-corrected chi connectivity index (χ4v) is 4.03. The van der Waals surface area contributed by atoms with Crippen LogP contribution in [0.25, 0.3) is 0 Å². The predicted molar refractivity (Wildman–Crippen MR) is 121 cm³/mol. The van der Waals surface area contributed by atoms with Gasteiger partial charge in [0.1, 0.15) is 23.9 Å². The van der Waals surface area contributed by atoms with E-state index in [2.05, 4.69) is 15.4 Å². The molecular formula is C23H38N2O10. The number of Topliss-reactive ketones (excluding diaryl/α,β-unsaturated/α-hetero) is 1. The van der Waals surface area contributed by atoms with Crippen LogP contribution >= 0.6 is 0 Å². The third kappa shape index (κ3) is 8.41. The Kier molecular flexibility index (Phi) is 8.91. The number of carbonyl (C=O) groups is 4. The second-order valence-corrected chi connectivity index (χ2v) is 10.5. The highest BCUT2D eigenvalue weighted by molar-refractivity contribution is 6.33. The number of nitrogens with one attached hydrogen (secondary N) is 2. The molecule has 2 aliphatic rings. The van der Waals surface area contributed by atoms with Gasteiger partial charge in [0.15, 0.2) is 11.6 Å². The molecule has 0 aromatic carbocycles. The highest BCUT2D eigenvalue weighted by Crippen LogP contribution is 2.37. The summed E-state index contributed by atoms with van der Waals surface area (Å²) in [5.41, 5.74) is -0.831. The first-order valence-corrected chi connectivity index (χ1v) is 11.5. The Bertz CT molecular complexity index is 820. The first kappa shape index (κ1) is 29.0. The van der Waals surface area contributed by atoms with Gasteiger partial charge < -0.3 is 39.1 Å². The summed E-state index contributed by atoms with van der Waals surface area (Å²) in [6.07, 6.45) is -3.52. The van der Waals surface area contributed by atoms with Gasteiger partial charge in [0, 0.05) is 13.3 Å². The van der Waals surface area contributed by atoms with E-state index in [1.165, 1.54) is 6.92 Å². The summed E-state index contributed by atoms with van der Waals surface area (Å²) in [5.74, 6) is -4.38. The maximum atomic E-state index is 12.7. The van der Waals surface area contributed by atoms with Crippen LogP contribution in [0.2, 0.25) is 0 Å². The van der Waals surface area contributed by atoms with E-state index < -0.39 is 77.7 Å². The molecule has 2 N–H and O–H groups in total. The van der Waals surface area contributed by atoms with Gasteiger partial charge >= 0.3 is 12.1 Å². The lowest BCUT2D eigenvalue weighted by molar-refractivity contribution is -0.175. The van der Waals surface area contributed by atoms with E-state index in [4.69, 9.17) is 23.7 Å². The molecule has 2 heterocycles. The molecule has 5 unspecified atom stereocenters. The van der Waals surface area contributed by atoms with Gasteiger partial charge in [-0.15, -0.1) is 0 Å². The van der Waals surface area contributed by atoms with Crippen LogP contribution in [0.5, 0.6) is 0 Å². The lowest BCUT2D eigenvalue weighted by Gasteiger charge is -2.35. The fourth-order valence-electron chi connectivity index (χ4n) is 4.03. The van der Waals surface area contributed by atoms with E-state index in [-0.39, 0.29) is 6.61 Å². The van der Waals surface area contributed by atoms with Gasteiger partial charge in [-0.1, -0.05) is 0 Å². The number of ether oxygens (including phenoxy) is 6. The normalized spacial score (nSPS) is 26.9. The van der Waals surface area contributed by atoms with Gasteiger partial charge in [-0.25, -0.2) is 9.59 Å². The molecule has 0 aromatic rings. The minimum absolute atomic E-state index is 0.200. The van der Waals surface area contributed by atoms with E-state index >= 15 is 0 Å². The topological polar surface area (TPSA) is 148 Å². The Morgan fingerprint density at radius 3 is 2.11 bits per heavy atom. The smallest absolute Gasteiger partial charge is 0.407 e. The molecule has 2 aliphatic heterocycles. The van der Waals surface area contributed by atoms with Crippen molar-refractivity contribution in [1.82, 2.24) is 10.6 Å². The molecule has 2 amide bonds. The van der Waals surface area contributed by atoms with Crippen molar-refractivity contribution >= 4 is 23.8 Å². The van der Waals surface area contributed by atoms with Crippen molar-refractivity contribution in [3.63, 3.8) is 0 Å². The van der Waals surface area contributed by atoms with Crippen molar-refractivity contribution in [1.29, 1.82) is 0 Å². The summed E-state index contributed by atoms with van der Waals surface area (Å²) < 4.78 is 33.8. The number of carbonyl (C=O) groups excluding carboxylic acids is 4. The second-order valence-electron chi connectivity index (χ2n) is 10.5. The van der Waals surface area contributed by atoms with Crippen LogP contribution in [-0.2, 0) is 42.8 Å². The highest BCUT2D eigenvalue weighted by Gasteiger charge is 2.54. The standard InChI is InChI=1S/C23H38N2O10/c1-12(26)24-16(13(10-14(27)19(28)30-9)25-20(29)35-21(2,3)4)18-17(33-23(7,8)34-18)15-11-31-22(5,6)32-15/h13,15-18H,10-11H2,1-9H3,(H,24,26)(H,25,29). The van der Waals surface area contributed by atoms with Crippen LogP contribution in [0.3, 0.4) is 0 Å². The summed E-state index contributed by atoms with van der Waals surface area (Å²) >= 11 is 0. The Morgan fingerprint density at radius 1 is 1.00 bits per heavy atom. The van der Waals surface area contributed by atoms with Gasteiger partial charge in [-0.2, -0.15) is 0 Å². The summed E-state index contributed by atoms with van der Waals surface area (Å²) in [7, 11) is 1.08. The molecule has 35 heavy (non-hydrogen) atoms. The predicted octanol–water partition coefficient (Wildman–Crippen LogP) is 1.19. The fraction of sp³-hybridized carbons (Fsp3) is 0.826. The molecule has 200 valence electrons. The molecule has 2 saturated heterocycles. The number of amides is 2. The molecule has 2 fully saturated rings. The van der Waals surface area contributed by atoms with Gasteiger partial charge in [0.25, 0.3) is 0 Å². The lowest BCUT2D eigenvalue weighted by Crippen LogP contribution is -2.61. The van der Waals surface area contributed by atoms with Crippen LogP contribution in [0.4, 0.5) is 4.79 Å². The van der Waals surface area contributed by atoms with Crippen LogP contribution in [0.15, 0.2) is 0 Å². The molecule has 0 bridgehead atoms. The van der Waals surface area contributed by atoms with Gasteiger partial charge in [-0.3, -0.25) is 9.59 Å². The molecule has 0 aromatic heterocycles. The van der Waals surface area contributed by atoms with E-state index in [9.17, 15) is 19.2 Å². The van der Waals surface area contributed by atoms with Crippen LogP contribution in [0.1, 0.15) is 61.8 Å². The van der Waals surface area contributed by atoms with Crippen molar-refractivity contribution in [3.05, 3.63) is 0 Å². The molecule has 5 atom stereocenters. The van der Waals surface area contributed by atoms with E-state index in [1.807, 2.05) is 0 Å². The van der Waals surface area contributed by atoms with Gasteiger partial charge in [0.2, 0.25) is 11.7 Å². The number of methoxy groups -OCH3 is 1. The maximum Gasteiger partial charge on any atom is 0.407 e. The first-order valence-electron chi connectivity index (χ1n) is 11.5. The summed E-state index contributed by atoms with van der Waals surface area (Å²) in [6.45, 7) is 13.4. The third-order valence-electron chi connectivity index (χ3n) is 5.24. The average molecular weight is 503 g/mol. The summed E-state index contributed by atoms with van der Waals surface area (Å²) in [6, 6.07) is -2.12. The Hall–Kier alpha value is -2.28. The molecule has 0 aliphatic carbocycles. The maximum absolute atomic E-state index is 12.7. The second kappa shape index (κ2) is 10.8. The first-order chi connectivity index (χ1) is 15.9. The van der Waals surface area contributed by atoms with Crippen molar-refractivity contribution < 1.29 is 47.6 Å². The molecule has 0 saturated carbocycles. The minimum Gasteiger partial charge on any atom is -0.463 e. The van der Waals surface area contributed by atoms with Gasteiger partial charge in [-0.05, 0) is 48.5 Å². The zero-order valence-electron chi connectivity index (χ0n) is 21.9. The average Bonchev–Trinajstić information content (AvgIpc) is 3.21. The number of alkyl carbamates (subject to hydrolysis) is 1. The van der Waals surface area contributed by atoms with Crippen LogP contribution in [-0.4, -0.2) is 85.0 Å². The lowest BCUT2D eigenvalue weighted by atomic mass is 9.92. The molecule has 2 rings (SSSR count). The summed E-state index contributed by atoms with van der Waals surface area (Å²) in [5, 5.41) is 5.36. The SMILES string of the molecule is COC(=O)C(=O)CC(NC(=O)OC(C)(C)C)C(NC(C)=O)C1OC(C)(C)OC1C1COC(C)(C)O1. The zero-order valence-corrected chi connectivity index (χ0v) is 21.9. The van der Waals surface area contributed by atoms with Crippen LogP contribution < -0.4 is 10.6 Å². The largest absolute Gasteiger partial charge is 0.463 e. The quantitative estimate of drug-likeness (QED) is 0.366. The minimum atomic E-state index is -1.11. The summed E-state index contributed by atoms with van der Waals surface area (Å²) in [4.78, 5) is 49.3. The molecule has 12 heteroatoms. The molecular weight excluding hydrogens is 464 g/mol. The zero-order chi connectivity index (χ0) is 26.8. The highest BCUT2D eigenvalue weighted by atomic mass is 16.8. The van der Waals surface area contributed by atoms with Crippen molar-refractivity contribution in [2.45, 2.75) is 109 Å². The Labute approximate surface area is 205 Å². The number of hydrogen-bond donors (Lipinski definition) is 2. The van der Waals surface area contributed by atoms with Crippen LogP contribution in [0, 0.1) is 0 Å². The third-order valence-corrected chi connectivity index (χ3v) is 5.24. The number of rotatable bonds is 8. The number of hydrogen-bond acceptors (Lipinski definition) is 10. The molecule has 0 radical (unpaired) electrons. The Morgan fingerprint density at radius 2 is 1.63 bits per heavy atom. The Balaban J connectivity index is 2.43. The van der Waals surface area contributed by atoms with Crippen molar-refractivity contribution in [2.75, 3.05) is 13.7 Å². The monoisotopic (exact) mass is 502 g/mol. The van der Waals surface area contributed by atoms with Crippen molar-refractivity contribution in [3.8, 4) is 0 Å². The molecule has 12 nitrogen and oxygen atoms in total. The molecule has 0 spiro atoms. The van der Waals surface area contributed by atoms with E-state index in [0.29, 0.717) is 0 Å². The number of ketones is 1. The van der Waals surface area contributed by atoms with E-state index in [1.54, 1.807) is 48.5 Å². The van der Waals surface area contributed by atoms with E-state index in [0.717, 1.165) is 7.11 Å². The number of esters is 1. The van der Waals surface area contributed by atoms with Crippen molar-refractivity contribution in [2.24, 2.45) is 0 Å².